The van der Waals surface area contributed by atoms with Crippen molar-refractivity contribution in [1.82, 2.24) is 14.4 Å². The van der Waals surface area contributed by atoms with E-state index in [0.29, 0.717) is 17.9 Å². The summed E-state index contributed by atoms with van der Waals surface area (Å²) in [7, 11) is 0. The largest absolute Gasteiger partial charge is 0.419 e. The normalized spacial score (nSPS) is 10.8. The van der Waals surface area contributed by atoms with Gasteiger partial charge in [-0.2, -0.15) is 0 Å². The summed E-state index contributed by atoms with van der Waals surface area (Å²) in [4.78, 5) is 30.3. The maximum atomic E-state index is 11.6. The van der Waals surface area contributed by atoms with E-state index in [1.54, 1.807) is 35.9 Å². The van der Waals surface area contributed by atoms with Gasteiger partial charge in [0.1, 0.15) is 5.82 Å². The number of hydrogen-bond acceptors (Lipinski definition) is 6. The van der Waals surface area contributed by atoms with E-state index in [0.717, 1.165) is 5.56 Å². The van der Waals surface area contributed by atoms with Crippen LogP contribution in [0.25, 0.3) is 5.65 Å². The third-order valence-electron chi connectivity index (χ3n) is 3.55. The number of benzene rings is 1. The van der Waals surface area contributed by atoms with Gasteiger partial charge in [0.15, 0.2) is 10.8 Å². The number of aromatic nitrogens is 3. The van der Waals surface area contributed by atoms with Crippen molar-refractivity contribution in [2.75, 3.05) is 0 Å². The third-order valence-corrected chi connectivity index (χ3v) is 3.81. The van der Waals surface area contributed by atoms with Crippen LogP contribution in [0.4, 0.5) is 5.69 Å². The van der Waals surface area contributed by atoms with E-state index in [9.17, 15) is 14.9 Å². The summed E-state index contributed by atoms with van der Waals surface area (Å²) in [6.45, 7) is 1.68. The summed E-state index contributed by atoms with van der Waals surface area (Å²) in [5.74, 6) is 0.255. The van der Waals surface area contributed by atoms with Crippen molar-refractivity contribution in [2.45, 2.75) is 19.8 Å². The van der Waals surface area contributed by atoms with E-state index in [1.807, 2.05) is 0 Å². The van der Waals surface area contributed by atoms with Crippen LogP contribution in [0.1, 0.15) is 24.7 Å². The Hall–Kier alpha value is -3.00. The zero-order chi connectivity index (χ0) is 18.0. The second-order valence-electron chi connectivity index (χ2n) is 5.20. The monoisotopic (exact) mass is 360 g/mol. The molecule has 0 fully saturated rings. The van der Waals surface area contributed by atoms with Gasteiger partial charge in [-0.1, -0.05) is 30.7 Å². The number of nitro groups is 1. The molecule has 128 valence electrons. The summed E-state index contributed by atoms with van der Waals surface area (Å²) >= 11 is 6.17. The van der Waals surface area contributed by atoms with Crippen LogP contribution < -0.4 is 4.74 Å². The summed E-state index contributed by atoms with van der Waals surface area (Å²) in [6, 6.07) is 6.17. The van der Waals surface area contributed by atoms with E-state index in [1.165, 1.54) is 12.1 Å². The summed E-state index contributed by atoms with van der Waals surface area (Å²) in [6.07, 6.45) is 3.82. The third kappa shape index (κ3) is 3.43. The zero-order valence-electron chi connectivity index (χ0n) is 13.2. The Balaban J connectivity index is 1.97. The van der Waals surface area contributed by atoms with Crippen molar-refractivity contribution in [3.05, 3.63) is 63.3 Å². The van der Waals surface area contributed by atoms with Gasteiger partial charge >= 0.3 is 5.97 Å². The van der Waals surface area contributed by atoms with Gasteiger partial charge in [-0.15, -0.1) is 0 Å². The first kappa shape index (κ1) is 16.8. The number of fused-ring (bicyclic) bond motifs is 1. The highest BCUT2D eigenvalue weighted by Crippen LogP contribution is 2.29. The molecule has 8 nitrogen and oxygen atoms in total. The first-order valence-electron chi connectivity index (χ1n) is 7.45. The second-order valence-corrected chi connectivity index (χ2v) is 5.55. The van der Waals surface area contributed by atoms with E-state index >= 15 is 0 Å². The second kappa shape index (κ2) is 6.86. The molecule has 0 amide bonds. The SMILES string of the molecule is CCC(=O)Oc1c(Cl)nc(Cc2ccc([N+](=O)[O-])cc2)n2ccnc12. The van der Waals surface area contributed by atoms with Crippen molar-refractivity contribution in [2.24, 2.45) is 0 Å². The van der Waals surface area contributed by atoms with Gasteiger partial charge < -0.3 is 4.74 Å². The highest BCUT2D eigenvalue weighted by Gasteiger charge is 2.18. The Bertz CT molecular complexity index is 953. The first-order chi connectivity index (χ1) is 12.0. The predicted molar refractivity (Wildman–Crippen MR) is 89.8 cm³/mol. The van der Waals surface area contributed by atoms with Crippen LogP contribution in [0.5, 0.6) is 5.75 Å². The molecule has 0 spiro atoms. The fraction of sp³-hybridized carbons (Fsp3) is 0.188. The molecule has 0 atom stereocenters. The number of non-ortho nitro benzene ring substituents is 1. The molecule has 3 aromatic rings. The quantitative estimate of drug-likeness (QED) is 0.300. The number of carbonyl (C=O) groups excluding carboxylic acids is 1. The minimum Gasteiger partial charge on any atom is -0.419 e. The van der Waals surface area contributed by atoms with Gasteiger partial charge in [-0.25, -0.2) is 9.97 Å². The highest BCUT2D eigenvalue weighted by molar-refractivity contribution is 6.31. The molecule has 2 heterocycles. The molecular weight excluding hydrogens is 348 g/mol. The van der Waals surface area contributed by atoms with Gasteiger partial charge in [0.25, 0.3) is 5.69 Å². The lowest BCUT2D eigenvalue weighted by atomic mass is 10.1. The van der Waals surface area contributed by atoms with Gasteiger partial charge in [0.05, 0.1) is 4.92 Å². The number of carbonyl (C=O) groups is 1. The number of nitrogens with zero attached hydrogens (tertiary/aromatic N) is 4. The molecule has 0 saturated heterocycles. The van der Waals surface area contributed by atoms with E-state index in [-0.39, 0.29) is 23.0 Å². The summed E-state index contributed by atoms with van der Waals surface area (Å²) in [5, 5.41) is 10.8. The molecule has 9 heteroatoms. The van der Waals surface area contributed by atoms with Crippen molar-refractivity contribution in [3.8, 4) is 5.75 Å². The summed E-state index contributed by atoms with van der Waals surface area (Å²) < 4.78 is 6.89. The Labute approximate surface area is 147 Å². The van der Waals surface area contributed by atoms with Gasteiger partial charge in [0, 0.05) is 37.4 Å². The van der Waals surface area contributed by atoms with Crippen LogP contribution in [0, 0.1) is 10.1 Å². The van der Waals surface area contributed by atoms with Crippen LogP contribution in [-0.2, 0) is 11.2 Å². The molecule has 0 aliphatic heterocycles. The van der Waals surface area contributed by atoms with Crippen LogP contribution in [0.15, 0.2) is 36.7 Å². The van der Waals surface area contributed by atoms with Crippen molar-refractivity contribution >= 4 is 28.9 Å². The molecule has 0 aliphatic carbocycles. The minimum absolute atomic E-state index is 0.0179. The molecule has 0 unspecified atom stereocenters. The standard InChI is InChI=1S/C16H13ClN4O4/c1-2-13(22)25-14-15(17)19-12(20-8-7-18-16(14)20)9-10-3-5-11(6-4-10)21(23)24/h3-8H,2,9H2,1H3. The molecule has 0 N–H and O–H groups in total. The number of rotatable bonds is 5. The van der Waals surface area contributed by atoms with Crippen LogP contribution in [0.3, 0.4) is 0 Å². The van der Waals surface area contributed by atoms with E-state index in [2.05, 4.69) is 9.97 Å². The molecule has 0 aliphatic rings. The smallest absolute Gasteiger partial charge is 0.311 e. The number of hydrogen-bond donors (Lipinski definition) is 0. The molecule has 2 aromatic heterocycles. The Morgan fingerprint density at radius 3 is 2.72 bits per heavy atom. The maximum absolute atomic E-state index is 11.6. The fourth-order valence-electron chi connectivity index (χ4n) is 2.31. The van der Waals surface area contributed by atoms with Gasteiger partial charge in [0.2, 0.25) is 5.75 Å². The zero-order valence-corrected chi connectivity index (χ0v) is 13.9. The average Bonchev–Trinajstić information content (AvgIpc) is 3.08. The molecule has 1 aromatic carbocycles. The number of imidazole rings is 1. The van der Waals surface area contributed by atoms with Gasteiger partial charge in [-0.3, -0.25) is 19.3 Å². The van der Waals surface area contributed by atoms with Crippen LogP contribution in [-0.4, -0.2) is 25.3 Å². The number of esters is 1. The lowest BCUT2D eigenvalue weighted by Crippen LogP contribution is -2.10. The first-order valence-corrected chi connectivity index (χ1v) is 7.82. The fourth-order valence-corrected chi connectivity index (χ4v) is 2.53. The predicted octanol–water partition coefficient (Wildman–Crippen LogP) is 3.20. The van der Waals surface area contributed by atoms with E-state index in [4.69, 9.17) is 16.3 Å². The van der Waals surface area contributed by atoms with Crippen molar-refractivity contribution in [1.29, 1.82) is 0 Å². The van der Waals surface area contributed by atoms with Crippen molar-refractivity contribution < 1.29 is 14.5 Å². The molecule has 0 saturated carbocycles. The molecule has 25 heavy (non-hydrogen) atoms. The molecule has 0 radical (unpaired) electrons. The molecule has 3 rings (SSSR count). The lowest BCUT2D eigenvalue weighted by molar-refractivity contribution is -0.384. The Morgan fingerprint density at radius 2 is 2.08 bits per heavy atom. The number of halogens is 1. The van der Waals surface area contributed by atoms with Gasteiger partial charge in [-0.05, 0) is 5.56 Å². The highest BCUT2D eigenvalue weighted by atomic mass is 35.5. The minimum atomic E-state index is -0.455. The number of ether oxygens (including phenoxy) is 1. The van der Waals surface area contributed by atoms with Crippen LogP contribution in [0.2, 0.25) is 5.15 Å². The Kier molecular flexibility index (Phi) is 4.62. The number of nitro benzene ring substituents is 1. The van der Waals surface area contributed by atoms with Crippen LogP contribution >= 0.6 is 11.6 Å². The van der Waals surface area contributed by atoms with Crippen molar-refractivity contribution in [3.63, 3.8) is 0 Å². The average molecular weight is 361 g/mol. The Morgan fingerprint density at radius 1 is 1.36 bits per heavy atom. The summed E-state index contributed by atoms with van der Waals surface area (Å²) in [5.41, 5.74) is 1.23. The topological polar surface area (TPSA) is 99.6 Å². The van der Waals surface area contributed by atoms with E-state index < -0.39 is 10.9 Å². The molecule has 0 bridgehead atoms. The maximum Gasteiger partial charge on any atom is 0.311 e. The lowest BCUT2D eigenvalue weighted by Gasteiger charge is -2.10. The molecular formula is C16H13ClN4O4.